The van der Waals surface area contributed by atoms with Crippen molar-refractivity contribution in [3.8, 4) is 0 Å². The molecule has 0 aliphatic rings. The summed E-state index contributed by atoms with van der Waals surface area (Å²) in [5.74, 6) is -0.629. The number of alkyl halides is 3. The van der Waals surface area contributed by atoms with Crippen molar-refractivity contribution in [1.82, 2.24) is 0 Å². The molecule has 0 fully saturated rings. The molecule has 1 N–H and O–H groups in total. The highest BCUT2D eigenvalue weighted by molar-refractivity contribution is 5.96. The van der Waals surface area contributed by atoms with Crippen molar-refractivity contribution in [3.63, 3.8) is 0 Å². The molecule has 0 radical (unpaired) electrons. The van der Waals surface area contributed by atoms with Crippen LogP contribution in [0.25, 0.3) is 0 Å². The maximum Gasteiger partial charge on any atom is 0.416 e. The Balaban J connectivity index is 1.19. The van der Waals surface area contributed by atoms with E-state index in [-0.39, 0.29) is 24.5 Å². The summed E-state index contributed by atoms with van der Waals surface area (Å²) in [7, 11) is 0. The number of carbonyl (C=O) groups excluding carboxylic acids is 1. The van der Waals surface area contributed by atoms with Gasteiger partial charge in [0, 0.05) is 12.3 Å². The second kappa shape index (κ2) is 48.0. The van der Waals surface area contributed by atoms with Gasteiger partial charge in [0.05, 0.1) is 169 Å². The molecule has 0 aliphatic heterocycles. The Bertz CT molecular complexity index is 1480. The Kier molecular flexibility index (Phi) is 43.3. The normalized spacial score (nSPS) is 11.7. The van der Waals surface area contributed by atoms with Crippen LogP contribution in [0.15, 0.2) is 48.5 Å². The number of benzene rings is 2. The minimum atomic E-state index is -4.48. The van der Waals surface area contributed by atoms with Gasteiger partial charge in [0.25, 0.3) is 0 Å². The molecule has 71 heavy (non-hydrogen) atoms. The average Bonchev–Trinajstić information content (AvgIpc) is 3.37. The number of halogens is 3. The number of esters is 1. The number of nitrogens with one attached hydrogen (secondary N) is 1. The first-order chi connectivity index (χ1) is 34.9. The lowest BCUT2D eigenvalue weighted by atomic mass is 10.0. The van der Waals surface area contributed by atoms with Gasteiger partial charge in [0.1, 0.15) is 6.61 Å². The van der Waals surface area contributed by atoms with E-state index in [2.05, 4.69) is 12.2 Å². The van der Waals surface area contributed by atoms with Gasteiger partial charge in [0.15, 0.2) is 0 Å². The van der Waals surface area contributed by atoms with Crippen LogP contribution in [0, 0.1) is 0 Å². The second-order valence-corrected chi connectivity index (χ2v) is 16.5. The maximum atomic E-state index is 13.1. The molecule has 0 saturated carbocycles. The molecule has 0 bridgehead atoms. The molecule has 0 unspecified atom stereocenters. The monoisotopic (exact) mass is 1020 g/mol. The highest BCUT2D eigenvalue weighted by Gasteiger charge is 2.30. The van der Waals surface area contributed by atoms with Crippen molar-refractivity contribution in [2.75, 3.05) is 170 Å². The predicted molar refractivity (Wildman–Crippen MR) is 267 cm³/mol. The Morgan fingerprint density at radius 2 is 0.718 bits per heavy atom. The lowest BCUT2D eigenvalue weighted by Gasteiger charge is -2.13. The van der Waals surface area contributed by atoms with Crippen LogP contribution in [0.2, 0.25) is 0 Å². The fourth-order valence-electron chi connectivity index (χ4n) is 6.71. The number of hydrogen-bond donors (Lipinski definition) is 1. The summed E-state index contributed by atoms with van der Waals surface area (Å²) >= 11 is 0. The Morgan fingerprint density at radius 3 is 1.08 bits per heavy atom. The largest absolute Gasteiger partial charge is 0.460 e. The van der Waals surface area contributed by atoms with Crippen LogP contribution in [-0.4, -0.2) is 171 Å². The summed E-state index contributed by atoms with van der Waals surface area (Å²) in [5.41, 5.74) is -0.0925. The number of hydrogen-bond acceptors (Lipinski definition) is 15. The lowest BCUT2D eigenvalue weighted by molar-refractivity contribution is -0.137. The smallest absolute Gasteiger partial charge is 0.416 e. The molecule has 0 heterocycles. The molecule has 410 valence electrons. The van der Waals surface area contributed by atoms with Crippen molar-refractivity contribution in [3.05, 3.63) is 59.7 Å². The van der Waals surface area contributed by atoms with Crippen molar-refractivity contribution in [2.45, 2.75) is 96.6 Å². The summed E-state index contributed by atoms with van der Waals surface area (Å²) in [6.45, 7) is 13.6. The highest BCUT2D eigenvalue weighted by atomic mass is 19.4. The van der Waals surface area contributed by atoms with E-state index in [4.69, 9.17) is 61.6 Å². The van der Waals surface area contributed by atoms with Crippen LogP contribution in [0.3, 0.4) is 0 Å². The van der Waals surface area contributed by atoms with Crippen molar-refractivity contribution < 1.29 is 79.5 Å². The first-order valence-electron chi connectivity index (χ1n) is 26.0. The van der Waals surface area contributed by atoms with Crippen LogP contribution in [-0.2, 0) is 67.8 Å². The van der Waals surface area contributed by atoms with E-state index in [1.54, 1.807) is 18.2 Å². The van der Waals surface area contributed by atoms with Crippen molar-refractivity contribution in [1.29, 1.82) is 0 Å². The minimum Gasteiger partial charge on any atom is -0.460 e. The second-order valence-electron chi connectivity index (χ2n) is 16.5. The summed E-state index contributed by atoms with van der Waals surface area (Å²) in [5, 5.41) is 2.86. The number of ether oxygens (including phenoxy) is 13. The highest BCUT2D eigenvalue weighted by Crippen LogP contribution is 2.32. The number of rotatable bonds is 53. The molecule has 2 aromatic carbocycles. The number of carbonyl (C=O) groups is 1. The molecule has 18 heteroatoms. The Labute approximate surface area is 422 Å². The Morgan fingerprint density at radius 1 is 0.394 bits per heavy atom. The van der Waals surface area contributed by atoms with Gasteiger partial charge in [-0.2, -0.15) is 13.2 Å². The van der Waals surface area contributed by atoms with E-state index >= 15 is 0 Å². The zero-order chi connectivity index (χ0) is 50.8. The molecular formula is C53H88F3NO14. The first-order valence-corrected chi connectivity index (χ1v) is 26.0. The minimum absolute atomic E-state index is 0.00399. The quantitative estimate of drug-likeness (QED) is 0.0495. The third kappa shape index (κ3) is 40.1. The van der Waals surface area contributed by atoms with Gasteiger partial charge in [-0.3, -0.25) is 0 Å². The predicted octanol–water partition coefficient (Wildman–Crippen LogP) is 9.90. The molecular weight excluding hydrogens is 932 g/mol. The topological polar surface area (TPSA) is 149 Å². The van der Waals surface area contributed by atoms with E-state index in [0.29, 0.717) is 151 Å². The molecule has 0 atom stereocenters. The number of anilines is 2. The van der Waals surface area contributed by atoms with E-state index < -0.39 is 17.7 Å². The summed E-state index contributed by atoms with van der Waals surface area (Å²) in [4.78, 5) is 12.6. The molecule has 2 aromatic rings. The fourth-order valence-corrected chi connectivity index (χ4v) is 6.71. The van der Waals surface area contributed by atoms with Crippen LogP contribution < -0.4 is 5.32 Å². The molecule has 15 nitrogen and oxygen atoms in total. The fraction of sp³-hybridized carbons (Fsp3) is 0.755. The average molecular weight is 1020 g/mol. The zero-order valence-electron chi connectivity index (χ0n) is 42.8. The van der Waals surface area contributed by atoms with Crippen LogP contribution in [0.4, 0.5) is 24.5 Å². The van der Waals surface area contributed by atoms with Gasteiger partial charge in [-0.25, -0.2) is 4.79 Å². The van der Waals surface area contributed by atoms with Gasteiger partial charge in [-0.05, 0) is 36.8 Å². The standard InChI is InChI=1S/C53H88F3NO14/c1-2-3-4-5-6-7-8-9-10-11-12-13-16-22-59-23-24-60-25-26-61-27-28-62-29-30-63-31-32-64-33-34-65-35-36-66-37-38-67-39-40-68-41-42-69-43-44-70-45-46-71-52(58)50-20-14-15-21-51(50)57-49-19-17-18-48(47-49)53(54,55)56/h14-15,17-21,47,57H,2-13,16,22-46H2,1H3. The number of para-hydroxylation sites is 1. The zero-order valence-corrected chi connectivity index (χ0v) is 42.8. The summed E-state index contributed by atoms with van der Waals surface area (Å²) in [6, 6.07) is 11.2. The first kappa shape index (κ1) is 64.1. The lowest BCUT2D eigenvalue weighted by Crippen LogP contribution is -2.16. The van der Waals surface area contributed by atoms with Crippen LogP contribution in [0.1, 0.15) is 106 Å². The van der Waals surface area contributed by atoms with Crippen LogP contribution in [0.5, 0.6) is 0 Å². The Hall–Kier alpha value is -2.98. The van der Waals surface area contributed by atoms with Gasteiger partial charge >= 0.3 is 12.1 Å². The third-order valence-electron chi connectivity index (χ3n) is 10.6. The molecule has 0 aromatic heterocycles. The van der Waals surface area contributed by atoms with Gasteiger partial charge < -0.3 is 66.9 Å². The molecule has 0 aliphatic carbocycles. The molecule has 2 rings (SSSR count). The third-order valence-corrected chi connectivity index (χ3v) is 10.6. The van der Waals surface area contributed by atoms with Crippen molar-refractivity contribution >= 4 is 17.3 Å². The maximum absolute atomic E-state index is 13.1. The van der Waals surface area contributed by atoms with E-state index in [1.807, 2.05) is 0 Å². The van der Waals surface area contributed by atoms with Crippen molar-refractivity contribution in [2.24, 2.45) is 0 Å². The van der Waals surface area contributed by atoms with Gasteiger partial charge in [-0.15, -0.1) is 0 Å². The summed E-state index contributed by atoms with van der Waals surface area (Å²) < 4.78 is 111. The van der Waals surface area contributed by atoms with Gasteiger partial charge in [-0.1, -0.05) is 102 Å². The molecule has 0 amide bonds. The SMILES string of the molecule is CCCCCCCCCCCCCCCOCCOCCOCCOCCOCCOCCOCCOCCOCCOCCOCCOCCOC(=O)c1ccccc1Nc1cccc(C(F)(F)F)c1. The van der Waals surface area contributed by atoms with Crippen LogP contribution >= 0.6 is 0 Å². The molecule has 0 saturated heterocycles. The summed E-state index contributed by atoms with van der Waals surface area (Å²) in [6.07, 6.45) is 13.2. The van der Waals surface area contributed by atoms with E-state index in [1.165, 1.54) is 95.2 Å². The van der Waals surface area contributed by atoms with E-state index in [9.17, 15) is 18.0 Å². The van der Waals surface area contributed by atoms with E-state index in [0.717, 1.165) is 25.2 Å². The molecule has 0 spiro atoms. The number of unbranched alkanes of at least 4 members (excludes halogenated alkanes) is 12. The van der Waals surface area contributed by atoms with Gasteiger partial charge in [0.2, 0.25) is 0 Å².